The van der Waals surface area contributed by atoms with Crippen molar-refractivity contribution in [3.05, 3.63) is 11.6 Å². The molecule has 5 fully saturated rings. The summed E-state index contributed by atoms with van der Waals surface area (Å²) in [5, 5.41) is 19.9. The molecular weight excluding hydrogens is 400 g/mol. The molecule has 0 aromatic heterocycles. The Morgan fingerprint density at radius 1 is 1.06 bits per heavy atom. The molecule has 11 unspecified atom stereocenters. The third kappa shape index (κ3) is 2.64. The molecule has 4 heteroatoms. The van der Waals surface area contributed by atoms with Crippen LogP contribution >= 0.6 is 0 Å². The molecule has 11 atom stereocenters. The summed E-state index contributed by atoms with van der Waals surface area (Å²) >= 11 is 0. The van der Waals surface area contributed by atoms with Crippen molar-refractivity contribution in [1.29, 1.82) is 0 Å². The molecule has 0 bridgehead atoms. The van der Waals surface area contributed by atoms with Gasteiger partial charge >= 0.3 is 0 Å². The van der Waals surface area contributed by atoms with Crippen LogP contribution in [0.3, 0.4) is 0 Å². The van der Waals surface area contributed by atoms with Gasteiger partial charge in [0.2, 0.25) is 0 Å². The summed E-state index contributed by atoms with van der Waals surface area (Å²) < 4.78 is 13.3. The molecule has 1 spiro atoms. The average molecular weight is 445 g/mol. The molecule has 0 aromatic carbocycles. The first-order chi connectivity index (χ1) is 15.2. The predicted octanol–water partition coefficient (Wildman–Crippen LogP) is 5.08. The van der Waals surface area contributed by atoms with Crippen molar-refractivity contribution < 1.29 is 19.7 Å². The maximum absolute atomic E-state index is 10.3. The van der Waals surface area contributed by atoms with Crippen LogP contribution in [-0.4, -0.2) is 41.4 Å². The fraction of sp³-hybridized carbons (Fsp3) is 0.929. The summed E-state index contributed by atoms with van der Waals surface area (Å²) in [5.41, 5.74) is 2.45. The zero-order valence-electron chi connectivity index (χ0n) is 20.6. The molecule has 32 heavy (non-hydrogen) atoms. The molecule has 180 valence electrons. The molecule has 0 aromatic rings. The van der Waals surface area contributed by atoms with E-state index in [0.717, 1.165) is 32.1 Å². The van der Waals surface area contributed by atoms with Crippen LogP contribution < -0.4 is 0 Å². The van der Waals surface area contributed by atoms with Gasteiger partial charge in [-0.1, -0.05) is 39.3 Å². The highest BCUT2D eigenvalue weighted by Crippen LogP contribution is 2.74. The number of hydrogen-bond donors (Lipinski definition) is 2. The Labute approximate surface area is 194 Å². The summed E-state index contributed by atoms with van der Waals surface area (Å²) in [6.07, 6.45) is 12.6. The Kier molecular flexibility index (Phi) is 4.87. The van der Waals surface area contributed by atoms with Gasteiger partial charge in [0, 0.05) is 24.9 Å². The van der Waals surface area contributed by atoms with Crippen molar-refractivity contribution in [2.24, 2.45) is 45.8 Å². The van der Waals surface area contributed by atoms with E-state index in [1.165, 1.54) is 25.7 Å². The fourth-order valence-electron chi connectivity index (χ4n) is 10.1. The third-order valence-electron chi connectivity index (χ3n) is 12.3. The lowest BCUT2D eigenvalue weighted by Crippen LogP contribution is -2.57. The van der Waals surface area contributed by atoms with Gasteiger partial charge < -0.3 is 19.7 Å². The Bertz CT molecular complexity index is 799. The summed E-state index contributed by atoms with van der Waals surface area (Å²) in [6.45, 7) is 11.0. The monoisotopic (exact) mass is 444 g/mol. The second-order valence-electron chi connectivity index (χ2n) is 13.2. The van der Waals surface area contributed by atoms with Gasteiger partial charge in [0.05, 0.1) is 18.8 Å². The molecule has 2 saturated heterocycles. The highest BCUT2D eigenvalue weighted by molar-refractivity contribution is 5.29. The summed E-state index contributed by atoms with van der Waals surface area (Å²) in [6, 6.07) is 0. The minimum atomic E-state index is -0.416. The van der Waals surface area contributed by atoms with Gasteiger partial charge in [-0.25, -0.2) is 0 Å². The number of allylic oxidation sites excluding steroid dienone is 1. The first kappa shape index (κ1) is 22.1. The molecule has 3 saturated carbocycles. The lowest BCUT2D eigenvalue weighted by atomic mass is 9.40. The van der Waals surface area contributed by atoms with Gasteiger partial charge in [-0.2, -0.15) is 0 Å². The van der Waals surface area contributed by atoms with E-state index < -0.39 is 5.79 Å². The number of aliphatic hydroxyl groups is 2. The second kappa shape index (κ2) is 7.06. The van der Waals surface area contributed by atoms with Crippen LogP contribution in [0.25, 0.3) is 0 Å². The van der Waals surface area contributed by atoms with Gasteiger partial charge in [0.1, 0.15) is 0 Å². The van der Waals surface area contributed by atoms with Crippen molar-refractivity contribution >= 4 is 0 Å². The van der Waals surface area contributed by atoms with Crippen LogP contribution in [0.2, 0.25) is 0 Å². The van der Waals surface area contributed by atoms with E-state index in [1.54, 1.807) is 5.57 Å². The number of fused-ring (bicyclic) bond motifs is 7. The van der Waals surface area contributed by atoms with Gasteiger partial charge in [0.25, 0.3) is 0 Å². The zero-order valence-corrected chi connectivity index (χ0v) is 20.6. The summed E-state index contributed by atoms with van der Waals surface area (Å²) in [5.74, 6) is 2.28. The van der Waals surface area contributed by atoms with E-state index in [0.29, 0.717) is 47.2 Å². The molecular formula is C28H44O4. The largest absolute Gasteiger partial charge is 0.396 e. The fourth-order valence-corrected chi connectivity index (χ4v) is 10.1. The Morgan fingerprint density at radius 2 is 1.88 bits per heavy atom. The number of hydrogen-bond acceptors (Lipinski definition) is 4. The lowest BCUT2D eigenvalue weighted by Gasteiger charge is -2.64. The highest BCUT2D eigenvalue weighted by Gasteiger charge is 2.70. The number of ether oxygens (including phenoxy) is 2. The van der Waals surface area contributed by atoms with Crippen LogP contribution in [0.4, 0.5) is 0 Å². The first-order valence-corrected chi connectivity index (χ1v) is 13.5. The van der Waals surface area contributed by atoms with Crippen LogP contribution in [-0.2, 0) is 9.47 Å². The van der Waals surface area contributed by atoms with Crippen LogP contribution in [0.1, 0.15) is 85.5 Å². The van der Waals surface area contributed by atoms with E-state index >= 15 is 0 Å². The summed E-state index contributed by atoms with van der Waals surface area (Å²) in [7, 11) is 0. The van der Waals surface area contributed by atoms with Crippen molar-refractivity contribution in [2.75, 3.05) is 13.2 Å². The molecule has 4 aliphatic carbocycles. The molecule has 2 N–H and O–H groups in total. The molecule has 2 heterocycles. The van der Waals surface area contributed by atoms with Crippen molar-refractivity contribution in [3.63, 3.8) is 0 Å². The quantitative estimate of drug-likeness (QED) is 0.554. The van der Waals surface area contributed by atoms with Crippen molar-refractivity contribution in [3.8, 4) is 0 Å². The standard InChI is InChI=1S/C28H44O4/c1-17-24-23(32-28(17)10-7-18(15-29)16-31-28)14-22-21-6-5-19-13-20(30)8-9-26(19,3)27(21,4)12-11-25(22,24)2/h5,17-18,20-24,29-30H,6-16H2,1-4H3. The maximum Gasteiger partial charge on any atom is 0.171 e. The van der Waals surface area contributed by atoms with E-state index in [1.807, 2.05) is 0 Å². The molecule has 0 radical (unpaired) electrons. The molecule has 2 aliphatic heterocycles. The minimum absolute atomic E-state index is 0.138. The average Bonchev–Trinajstić information content (AvgIpc) is 3.21. The Hall–Kier alpha value is -0.420. The SMILES string of the molecule is CC1C2C(CC3C4CC=C5CC(O)CCC5(C)C4(C)CCC32C)OC12CCC(CO)CO2. The first-order valence-electron chi connectivity index (χ1n) is 13.5. The van der Waals surface area contributed by atoms with Crippen LogP contribution in [0.15, 0.2) is 11.6 Å². The predicted molar refractivity (Wildman–Crippen MR) is 124 cm³/mol. The summed E-state index contributed by atoms with van der Waals surface area (Å²) in [4.78, 5) is 0. The van der Waals surface area contributed by atoms with Gasteiger partial charge in [-0.15, -0.1) is 0 Å². The second-order valence-corrected chi connectivity index (χ2v) is 13.2. The van der Waals surface area contributed by atoms with Crippen LogP contribution in [0.5, 0.6) is 0 Å². The van der Waals surface area contributed by atoms with Gasteiger partial charge in [0.15, 0.2) is 5.79 Å². The van der Waals surface area contributed by atoms with E-state index in [4.69, 9.17) is 9.47 Å². The highest BCUT2D eigenvalue weighted by atomic mass is 16.7. The molecule has 6 rings (SSSR count). The van der Waals surface area contributed by atoms with Crippen molar-refractivity contribution in [2.45, 2.75) is 103 Å². The molecule has 4 nitrogen and oxygen atoms in total. The normalized spacial score (nSPS) is 59.2. The van der Waals surface area contributed by atoms with Crippen LogP contribution in [0, 0.1) is 45.8 Å². The van der Waals surface area contributed by atoms with E-state index in [-0.39, 0.29) is 24.0 Å². The minimum Gasteiger partial charge on any atom is -0.396 e. The van der Waals surface area contributed by atoms with Gasteiger partial charge in [-0.05, 0) is 85.4 Å². The zero-order chi connectivity index (χ0) is 22.5. The Morgan fingerprint density at radius 3 is 2.59 bits per heavy atom. The number of rotatable bonds is 1. The Balaban J connectivity index is 1.29. The number of aliphatic hydroxyl groups excluding tert-OH is 2. The lowest BCUT2D eigenvalue weighted by molar-refractivity contribution is -0.276. The topological polar surface area (TPSA) is 58.9 Å². The molecule has 0 amide bonds. The smallest absolute Gasteiger partial charge is 0.171 e. The van der Waals surface area contributed by atoms with Gasteiger partial charge in [-0.3, -0.25) is 0 Å². The van der Waals surface area contributed by atoms with Crippen molar-refractivity contribution in [1.82, 2.24) is 0 Å². The molecule has 6 aliphatic rings. The van der Waals surface area contributed by atoms with E-state index in [9.17, 15) is 10.2 Å². The third-order valence-corrected chi connectivity index (χ3v) is 12.3. The van der Waals surface area contributed by atoms with E-state index in [2.05, 4.69) is 33.8 Å². The maximum atomic E-state index is 10.3.